The summed E-state index contributed by atoms with van der Waals surface area (Å²) in [6.45, 7) is 5.19. The second kappa shape index (κ2) is 3.70. The third-order valence-corrected chi connectivity index (χ3v) is 2.88. The lowest BCUT2D eigenvalue weighted by molar-refractivity contribution is 0.549. The van der Waals surface area contributed by atoms with Gasteiger partial charge in [-0.25, -0.2) is 4.39 Å². The first-order valence-electron chi connectivity index (χ1n) is 5.16. The van der Waals surface area contributed by atoms with Crippen molar-refractivity contribution in [3.05, 3.63) is 35.1 Å². The van der Waals surface area contributed by atoms with Gasteiger partial charge in [0, 0.05) is 11.6 Å². The fraction of sp³-hybridized carbons (Fsp3) is 0.500. The molecule has 0 aliphatic carbocycles. The van der Waals surface area contributed by atoms with Crippen molar-refractivity contribution in [2.24, 2.45) is 5.92 Å². The molecule has 1 aromatic carbocycles. The lowest BCUT2D eigenvalue weighted by Gasteiger charge is -2.12. The van der Waals surface area contributed by atoms with Gasteiger partial charge in [-0.15, -0.1) is 0 Å². The van der Waals surface area contributed by atoms with E-state index in [-0.39, 0.29) is 11.9 Å². The Bertz CT molecular complexity index is 335. The zero-order valence-corrected chi connectivity index (χ0v) is 8.68. The van der Waals surface area contributed by atoms with Crippen LogP contribution >= 0.6 is 0 Å². The second-order valence-corrected chi connectivity index (χ2v) is 4.33. The Morgan fingerprint density at radius 2 is 2.21 bits per heavy atom. The number of aryl methyl sites for hydroxylation is 1. The van der Waals surface area contributed by atoms with Crippen LogP contribution in [-0.2, 0) is 0 Å². The van der Waals surface area contributed by atoms with Gasteiger partial charge < -0.3 is 5.32 Å². The first-order valence-corrected chi connectivity index (χ1v) is 5.16. The van der Waals surface area contributed by atoms with E-state index in [4.69, 9.17) is 0 Å². The van der Waals surface area contributed by atoms with Crippen LogP contribution in [0, 0.1) is 18.7 Å². The molecule has 0 radical (unpaired) electrons. The summed E-state index contributed by atoms with van der Waals surface area (Å²) in [5, 5.41) is 3.35. The Hall–Kier alpha value is -0.890. The van der Waals surface area contributed by atoms with Gasteiger partial charge in [0.2, 0.25) is 0 Å². The first-order chi connectivity index (χ1) is 6.66. The number of benzene rings is 1. The molecule has 2 heteroatoms. The van der Waals surface area contributed by atoms with Gasteiger partial charge >= 0.3 is 0 Å². The molecule has 1 aliphatic rings. The molecule has 1 aromatic rings. The maximum Gasteiger partial charge on any atom is 0.127 e. The molecular weight excluding hydrogens is 177 g/mol. The molecular formula is C12H16FN. The predicted octanol–water partition coefficient (Wildman–Crippen LogP) is 2.80. The molecule has 1 N–H and O–H groups in total. The SMILES string of the molecule is Cc1ccc(F)c(C2CC(C)CN2)c1. The summed E-state index contributed by atoms with van der Waals surface area (Å²) in [4.78, 5) is 0. The highest BCUT2D eigenvalue weighted by Crippen LogP contribution is 2.28. The second-order valence-electron chi connectivity index (χ2n) is 4.33. The Balaban J connectivity index is 2.27. The molecule has 1 saturated heterocycles. The zero-order valence-electron chi connectivity index (χ0n) is 8.68. The summed E-state index contributed by atoms with van der Waals surface area (Å²) in [5.74, 6) is 0.571. The number of rotatable bonds is 1. The van der Waals surface area contributed by atoms with Crippen LogP contribution in [0.2, 0.25) is 0 Å². The minimum atomic E-state index is -0.0813. The van der Waals surface area contributed by atoms with E-state index < -0.39 is 0 Å². The lowest BCUT2D eigenvalue weighted by Crippen LogP contribution is -2.14. The molecule has 0 aromatic heterocycles. The third kappa shape index (κ3) is 1.80. The van der Waals surface area contributed by atoms with Gasteiger partial charge in [0.15, 0.2) is 0 Å². The molecule has 0 spiro atoms. The number of hydrogen-bond acceptors (Lipinski definition) is 1. The molecule has 0 amide bonds. The van der Waals surface area contributed by atoms with Crippen molar-refractivity contribution >= 4 is 0 Å². The van der Waals surface area contributed by atoms with Crippen LogP contribution in [0.3, 0.4) is 0 Å². The van der Waals surface area contributed by atoms with Crippen LogP contribution in [0.1, 0.15) is 30.5 Å². The van der Waals surface area contributed by atoms with Gasteiger partial charge in [-0.1, -0.05) is 24.6 Å². The normalized spacial score (nSPS) is 26.8. The van der Waals surface area contributed by atoms with Crippen LogP contribution in [0.5, 0.6) is 0 Å². The summed E-state index contributed by atoms with van der Waals surface area (Å²) in [5.41, 5.74) is 1.96. The van der Waals surface area contributed by atoms with Crippen molar-refractivity contribution in [2.45, 2.75) is 26.3 Å². The standard InChI is InChI=1S/C12H16FN/c1-8-3-4-11(13)10(5-8)12-6-9(2)7-14-12/h3-5,9,12,14H,6-7H2,1-2H3. The van der Waals surface area contributed by atoms with Crippen molar-refractivity contribution in [3.63, 3.8) is 0 Å². The molecule has 1 fully saturated rings. The van der Waals surface area contributed by atoms with Gasteiger partial charge in [0.1, 0.15) is 5.82 Å². The Kier molecular flexibility index (Phi) is 2.55. The van der Waals surface area contributed by atoms with E-state index in [2.05, 4.69) is 12.2 Å². The average molecular weight is 193 g/mol. The molecule has 1 nitrogen and oxygen atoms in total. The molecule has 2 unspecified atom stereocenters. The van der Waals surface area contributed by atoms with Crippen LogP contribution in [0.4, 0.5) is 4.39 Å². The fourth-order valence-electron chi connectivity index (χ4n) is 2.08. The van der Waals surface area contributed by atoms with E-state index in [0.717, 1.165) is 24.1 Å². The molecule has 76 valence electrons. The van der Waals surface area contributed by atoms with Crippen molar-refractivity contribution in [1.82, 2.24) is 5.32 Å². The topological polar surface area (TPSA) is 12.0 Å². The van der Waals surface area contributed by atoms with Crippen LogP contribution < -0.4 is 5.32 Å². The minimum Gasteiger partial charge on any atom is -0.310 e. The summed E-state index contributed by atoms with van der Waals surface area (Å²) >= 11 is 0. The monoisotopic (exact) mass is 193 g/mol. The highest BCUT2D eigenvalue weighted by atomic mass is 19.1. The van der Waals surface area contributed by atoms with E-state index >= 15 is 0 Å². The minimum absolute atomic E-state index is 0.0813. The van der Waals surface area contributed by atoms with Gasteiger partial charge in [-0.05, 0) is 31.9 Å². The molecule has 0 bridgehead atoms. The summed E-state index contributed by atoms with van der Waals surface area (Å²) in [6.07, 6.45) is 1.04. The van der Waals surface area contributed by atoms with Crippen LogP contribution in [-0.4, -0.2) is 6.54 Å². The molecule has 1 heterocycles. The fourth-order valence-corrected chi connectivity index (χ4v) is 2.08. The maximum absolute atomic E-state index is 13.5. The highest BCUT2D eigenvalue weighted by molar-refractivity contribution is 5.27. The Morgan fingerprint density at radius 3 is 2.86 bits per heavy atom. The molecule has 2 rings (SSSR count). The zero-order chi connectivity index (χ0) is 10.1. The van der Waals surface area contributed by atoms with E-state index in [1.165, 1.54) is 0 Å². The lowest BCUT2D eigenvalue weighted by atomic mass is 9.99. The first kappa shape index (κ1) is 9.66. The van der Waals surface area contributed by atoms with Gasteiger partial charge in [0.05, 0.1) is 0 Å². The van der Waals surface area contributed by atoms with Gasteiger partial charge in [0.25, 0.3) is 0 Å². The van der Waals surface area contributed by atoms with Crippen molar-refractivity contribution < 1.29 is 4.39 Å². The molecule has 14 heavy (non-hydrogen) atoms. The smallest absolute Gasteiger partial charge is 0.127 e. The molecule has 2 atom stereocenters. The van der Waals surface area contributed by atoms with Gasteiger partial charge in [-0.3, -0.25) is 0 Å². The van der Waals surface area contributed by atoms with Crippen LogP contribution in [0.15, 0.2) is 18.2 Å². The van der Waals surface area contributed by atoms with E-state index in [9.17, 15) is 4.39 Å². The number of halogens is 1. The Morgan fingerprint density at radius 1 is 1.43 bits per heavy atom. The number of hydrogen-bond donors (Lipinski definition) is 1. The largest absolute Gasteiger partial charge is 0.310 e. The predicted molar refractivity (Wildman–Crippen MR) is 55.7 cm³/mol. The third-order valence-electron chi connectivity index (χ3n) is 2.88. The van der Waals surface area contributed by atoms with Gasteiger partial charge in [-0.2, -0.15) is 0 Å². The quantitative estimate of drug-likeness (QED) is 0.723. The average Bonchev–Trinajstić information content (AvgIpc) is 2.56. The Labute approximate surface area is 84.3 Å². The molecule has 1 aliphatic heterocycles. The van der Waals surface area contributed by atoms with Crippen molar-refractivity contribution in [2.75, 3.05) is 6.54 Å². The van der Waals surface area contributed by atoms with Crippen molar-refractivity contribution in [3.8, 4) is 0 Å². The maximum atomic E-state index is 13.5. The summed E-state index contributed by atoms with van der Waals surface area (Å²) in [6, 6.07) is 5.54. The molecule has 0 saturated carbocycles. The summed E-state index contributed by atoms with van der Waals surface area (Å²) < 4.78 is 13.5. The van der Waals surface area contributed by atoms with E-state index in [1.54, 1.807) is 6.07 Å². The highest BCUT2D eigenvalue weighted by Gasteiger charge is 2.24. The van der Waals surface area contributed by atoms with Crippen molar-refractivity contribution in [1.29, 1.82) is 0 Å². The number of nitrogens with one attached hydrogen (secondary N) is 1. The van der Waals surface area contributed by atoms with E-state index in [1.807, 2.05) is 19.1 Å². The van der Waals surface area contributed by atoms with E-state index in [0.29, 0.717) is 5.92 Å². The van der Waals surface area contributed by atoms with Crippen LogP contribution in [0.25, 0.3) is 0 Å². The summed E-state index contributed by atoms with van der Waals surface area (Å²) in [7, 11) is 0.